The Hall–Kier alpha value is -0.550. The van der Waals surface area contributed by atoms with Crippen molar-refractivity contribution in [2.24, 2.45) is 5.41 Å². The summed E-state index contributed by atoms with van der Waals surface area (Å²) in [6.45, 7) is 4.15. The van der Waals surface area contributed by atoms with Gasteiger partial charge in [-0.25, -0.2) is 0 Å². The topological polar surface area (TPSA) is 49.3 Å². The molecule has 3 nitrogen and oxygen atoms in total. The summed E-state index contributed by atoms with van der Waals surface area (Å²) in [6, 6.07) is 1.98. The van der Waals surface area contributed by atoms with Crippen molar-refractivity contribution in [1.82, 2.24) is 0 Å². The van der Waals surface area contributed by atoms with Crippen LogP contribution in [-0.4, -0.2) is 17.6 Å². The molecule has 0 aliphatic heterocycles. The molecule has 0 atom stereocenters. The Morgan fingerprint density at radius 3 is 2.80 bits per heavy atom. The molecule has 0 aliphatic carbocycles. The van der Waals surface area contributed by atoms with Gasteiger partial charge in [0, 0.05) is 16.4 Å². The van der Waals surface area contributed by atoms with E-state index in [4.69, 9.17) is 5.11 Å². The number of aliphatic carboxylic acids is 1. The lowest BCUT2D eigenvalue weighted by Crippen LogP contribution is -2.26. The van der Waals surface area contributed by atoms with E-state index in [9.17, 15) is 4.79 Å². The second-order valence-electron chi connectivity index (χ2n) is 3.99. The summed E-state index contributed by atoms with van der Waals surface area (Å²) in [5.41, 5.74) is -0.665. The maximum Gasteiger partial charge on any atom is 0.309 e. The molecule has 0 aromatic carbocycles. The molecule has 1 heterocycles. The van der Waals surface area contributed by atoms with Crippen LogP contribution in [-0.2, 0) is 4.79 Å². The van der Waals surface area contributed by atoms with Gasteiger partial charge in [0.25, 0.3) is 0 Å². The third-order valence-corrected chi connectivity index (χ3v) is 3.84. The predicted molar refractivity (Wildman–Crippen MR) is 66.5 cm³/mol. The van der Waals surface area contributed by atoms with Gasteiger partial charge in [-0.3, -0.25) is 4.79 Å². The molecule has 0 amide bonds. The Labute approximate surface area is 102 Å². The zero-order valence-electron chi connectivity index (χ0n) is 8.71. The van der Waals surface area contributed by atoms with E-state index in [0.717, 1.165) is 9.47 Å². The van der Waals surface area contributed by atoms with Gasteiger partial charge in [-0.1, -0.05) is 0 Å². The standard InChI is InChI=1S/C10H14BrNO2S/c1-10(2,9(13)14)3-4-12-8-5-7(11)6-15-8/h5-6,12H,3-4H2,1-2H3,(H,13,14). The lowest BCUT2D eigenvalue weighted by Gasteiger charge is -2.18. The molecule has 2 N–H and O–H groups in total. The number of carboxylic acids is 1. The average Bonchev–Trinajstić information content (AvgIpc) is 2.51. The molecule has 0 spiro atoms. The summed E-state index contributed by atoms with van der Waals surface area (Å²) in [5, 5.41) is 15.2. The fraction of sp³-hybridized carbons (Fsp3) is 0.500. The van der Waals surface area contributed by atoms with Crippen molar-refractivity contribution in [2.45, 2.75) is 20.3 Å². The number of carboxylic acid groups (broad SMARTS) is 1. The van der Waals surface area contributed by atoms with Gasteiger partial charge in [-0.05, 0) is 42.3 Å². The van der Waals surface area contributed by atoms with Crippen LogP contribution in [0.25, 0.3) is 0 Å². The van der Waals surface area contributed by atoms with Crippen LogP contribution >= 0.6 is 27.3 Å². The van der Waals surface area contributed by atoms with Crippen LogP contribution in [0.15, 0.2) is 15.9 Å². The molecule has 0 bridgehead atoms. The molecular weight excluding hydrogens is 278 g/mol. The highest BCUT2D eigenvalue weighted by molar-refractivity contribution is 9.10. The monoisotopic (exact) mass is 291 g/mol. The van der Waals surface area contributed by atoms with Crippen LogP contribution in [0.4, 0.5) is 5.00 Å². The third kappa shape index (κ3) is 3.83. The summed E-state index contributed by atoms with van der Waals surface area (Å²) in [7, 11) is 0. The Bertz CT molecular complexity index is 349. The minimum atomic E-state index is -0.753. The number of hydrogen-bond donors (Lipinski definition) is 2. The molecule has 0 radical (unpaired) electrons. The smallest absolute Gasteiger partial charge is 0.309 e. The second kappa shape index (κ2) is 4.99. The van der Waals surface area contributed by atoms with Gasteiger partial charge in [0.15, 0.2) is 0 Å². The van der Waals surface area contributed by atoms with Gasteiger partial charge >= 0.3 is 5.97 Å². The Balaban J connectivity index is 2.36. The van der Waals surface area contributed by atoms with E-state index >= 15 is 0 Å². The largest absolute Gasteiger partial charge is 0.481 e. The summed E-state index contributed by atoms with van der Waals surface area (Å²) >= 11 is 4.97. The van der Waals surface area contributed by atoms with Crippen LogP contribution in [0, 0.1) is 5.41 Å². The molecule has 1 aromatic rings. The third-order valence-electron chi connectivity index (χ3n) is 2.20. The zero-order chi connectivity index (χ0) is 11.5. The van der Waals surface area contributed by atoms with Crippen molar-refractivity contribution in [3.63, 3.8) is 0 Å². The summed E-state index contributed by atoms with van der Waals surface area (Å²) in [6.07, 6.45) is 0.609. The van der Waals surface area contributed by atoms with Crippen LogP contribution < -0.4 is 5.32 Å². The fourth-order valence-electron chi connectivity index (χ4n) is 1.01. The number of anilines is 1. The maximum atomic E-state index is 10.8. The molecule has 15 heavy (non-hydrogen) atoms. The highest BCUT2D eigenvalue weighted by Gasteiger charge is 2.26. The SMILES string of the molecule is CC(C)(CCNc1cc(Br)cs1)C(=O)O. The molecule has 1 rings (SSSR count). The van der Waals surface area contributed by atoms with Gasteiger partial charge in [0.05, 0.1) is 10.4 Å². The first-order valence-corrected chi connectivity index (χ1v) is 6.30. The summed E-state index contributed by atoms with van der Waals surface area (Å²) in [5.74, 6) is -0.753. The number of carbonyl (C=O) groups is 1. The molecule has 0 fully saturated rings. The number of thiophene rings is 1. The number of hydrogen-bond acceptors (Lipinski definition) is 3. The first-order valence-electron chi connectivity index (χ1n) is 4.63. The quantitative estimate of drug-likeness (QED) is 0.874. The van der Waals surface area contributed by atoms with Crippen LogP contribution in [0.2, 0.25) is 0 Å². The number of rotatable bonds is 5. The Morgan fingerprint density at radius 2 is 2.33 bits per heavy atom. The molecule has 5 heteroatoms. The van der Waals surface area contributed by atoms with E-state index in [2.05, 4.69) is 21.2 Å². The minimum Gasteiger partial charge on any atom is -0.481 e. The maximum absolute atomic E-state index is 10.8. The molecule has 0 saturated carbocycles. The Kier molecular flexibility index (Phi) is 4.16. The van der Waals surface area contributed by atoms with Crippen LogP contribution in [0.1, 0.15) is 20.3 Å². The molecule has 0 aliphatic rings. The van der Waals surface area contributed by atoms with Crippen molar-refractivity contribution in [3.05, 3.63) is 15.9 Å². The minimum absolute atomic E-state index is 0.609. The fourth-order valence-corrected chi connectivity index (χ4v) is 2.36. The van der Waals surface area contributed by atoms with E-state index in [1.54, 1.807) is 25.2 Å². The van der Waals surface area contributed by atoms with Crippen molar-refractivity contribution in [3.8, 4) is 0 Å². The Morgan fingerprint density at radius 1 is 1.67 bits per heavy atom. The van der Waals surface area contributed by atoms with E-state index in [1.807, 2.05) is 11.4 Å². The lowest BCUT2D eigenvalue weighted by atomic mass is 9.90. The average molecular weight is 292 g/mol. The van der Waals surface area contributed by atoms with Gasteiger partial charge in [0.1, 0.15) is 0 Å². The van der Waals surface area contributed by atoms with E-state index in [0.29, 0.717) is 13.0 Å². The van der Waals surface area contributed by atoms with Crippen molar-refractivity contribution in [1.29, 1.82) is 0 Å². The van der Waals surface area contributed by atoms with Gasteiger partial charge in [-0.15, -0.1) is 11.3 Å². The number of halogens is 1. The van der Waals surface area contributed by atoms with E-state index in [-0.39, 0.29) is 0 Å². The number of nitrogens with one attached hydrogen (secondary N) is 1. The molecule has 0 saturated heterocycles. The second-order valence-corrected chi connectivity index (χ2v) is 5.82. The van der Waals surface area contributed by atoms with Crippen molar-refractivity contribution >= 4 is 38.2 Å². The van der Waals surface area contributed by atoms with Crippen LogP contribution in [0.3, 0.4) is 0 Å². The first-order chi connectivity index (χ1) is 6.92. The van der Waals surface area contributed by atoms with Crippen LogP contribution in [0.5, 0.6) is 0 Å². The highest BCUT2D eigenvalue weighted by Crippen LogP contribution is 2.25. The molecular formula is C10H14BrNO2S. The lowest BCUT2D eigenvalue weighted by molar-refractivity contribution is -0.147. The summed E-state index contributed by atoms with van der Waals surface area (Å²) in [4.78, 5) is 10.8. The van der Waals surface area contributed by atoms with Crippen molar-refractivity contribution < 1.29 is 9.90 Å². The molecule has 1 aromatic heterocycles. The van der Waals surface area contributed by atoms with Gasteiger partial charge in [-0.2, -0.15) is 0 Å². The highest BCUT2D eigenvalue weighted by atomic mass is 79.9. The van der Waals surface area contributed by atoms with Gasteiger partial charge < -0.3 is 10.4 Å². The zero-order valence-corrected chi connectivity index (χ0v) is 11.1. The summed E-state index contributed by atoms with van der Waals surface area (Å²) < 4.78 is 1.05. The van der Waals surface area contributed by atoms with E-state index in [1.165, 1.54) is 0 Å². The van der Waals surface area contributed by atoms with E-state index < -0.39 is 11.4 Å². The van der Waals surface area contributed by atoms with Crippen molar-refractivity contribution in [2.75, 3.05) is 11.9 Å². The molecule has 0 unspecified atom stereocenters. The molecule has 84 valence electrons. The van der Waals surface area contributed by atoms with Gasteiger partial charge in [0.2, 0.25) is 0 Å². The first kappa shape index (κ1) is 12.5. The normalized spacial score (nSPS) is 11.4. The predicted octanol–water partition coefficient (Wildman–Crippen LogP) is 3.42.